The predicted octanol–water partition coefficient (Wildman–Crippen LogP) is 5.51. The fraction of sp³-hybridized carbons (Fsp3) is 0.200. The van der Waals surface area contributed by atoms with E-state index < -0.39 is 0 Å². The van der Waals surface area contributed by atoms with E-state index in [0.29, 0.717) is 6.61 Å². The third kappa shape index (κ3) is 1.97. The van der Waals surface area contributed by atoms with Gasteiger partial charge in [0.15, 0.2) is 0 Å². The molecule has 4 aromatic rings. The van der Waals surface area contributed by atoms with Gasteiger partial charge in [0.05, 0.1) is 12.7 Å². The van der Waals surface area contributed by atoms with E-state index in [2.05, 4.69) is 68.4 Å². The van der Waals surface area contributed by atoms with Gasteiger partial charge in [0.1, 0.15) is 0 Å². The molecule has 0 radical (unpaired) electrons. The zero-order valence-corrected chi connectivity index (χ0v) is 12.4. The van der Waals surface area contributed by atoms with Crippen molar-refractivity contribution >= 4 is 32.3 Å². The Balaban J connectivity index is 2.10. The normalized spacial score (nSPS) is 12.1. The van der Waals surface area contributed by atoms with Crippen molar-refractivity contribution in [2.75, 3.05) is 0 Å². The van der Waals surface area contributed by atoms with Gasteiger partial charge in [-0.15, -0.1) is 0 Å². The number of benzene rings is 4. The standard InChI is InChI=1S/C20H18O/c1-13(2)21-12-17-11-16-7-3-5-14-9-10-15-6-4-8-18(17)20(15)19(14)16/h3-11,13H,12H2,1-2H3. The Labute approximate surface area is 124 Å². The number of hydrogen-bond acceptors (Lipinski definition) is 1. The van der Waals surface area contributed by atoms with Crippen LogP contribution in [-0.2, 0) is 11.3 Å². The van der Waals surface area contributed by atoms with Crippen LogP contribution in [0.2, 0.25) is 0 Å². The molecule has 0 aromatic heterocycles. The maximum atomic E-state index is 5.86. The lowest BCUT2D eigenvalue weighted by molar-refractivity contribution is 0.0665. The average molecular weight is 274 g/mol. The molecule has 0 aliphatic carbocycles. The average Bonchev–Trinajstić information content (AvgIpc) is 2.51. The highest BCUT2D eigenvalue weighted by Crippen LogP contribution is 2.36. The summed E-state index contributed by atoms with van der Waals surface area (Å²) < 4.78 is 5.86. The highest BCUT2D eigenvalue weighted by molar-refractivity contribution is 6.23. The van der Waals surface area contributed by atoms with Crippen molar-refractivity contribution in [2.45, 2.75) is 26.6 Å². The molecule has 0 atom stereocenters. The van der Waals surface area contributed by atoms with E-state index in [1.165, 1.54) is 37.9 Å². The molecule has 4 aromatic carbocycles. The third-order valence-electron chi connectivity index (χ3n) is 4.17. The van der Waals surface area contributed by atoms with E-state index in [0.717, 1.165) is 0 Å². The second kappa shape index (κ2) is 4.71. The van der Waals surface area contributed by atoms with Crippen LogP contribution < -0.4 is 0 Å². The highest BCUT2D eigenvalue weighted by atomic mass is 16.5. The minimum absolute atomic E-state index is 0.248. The fourth-order valence-electron chi connectivity index (χ4n) is 3.21. The van der Waals surface area contributed by atoms with Gasteiger partial charge in [-0.2, -0.15) is 0 Å². The molecule has 0 saturated heterocycles. The smallest absolute Gasteiger partial charge is 0.0726 e. The van der Waals surface area contributed by atoms with E-state index >= 15 is 0 Å². The Hall–Kier alpha value is -2.12. The van der Waals surface area contributed by atoms with Crippen LogP contribution in [0.15, 0.2) is 54.6 Å². The first-order chi connectivity index (χ1) is 10.2. The molecule has 0 amide bonds. The van der Waals surface area contributed by atoms with Gasteiger partial charge in [0.2, 0.25) is 0 Å². The lowest BCUT2D eigenvalue weighted by Crippen LogP contribution is -2.03. The Bertz CT molecular complexity index is 921. The number of hydrogen-bond donors (Lipinski definition) is 0. The summed E-state index contributed by atoms with van der Waals surface area (Å²) in [6, 6.07) is 19.8. The van der Waals surface area contributed by atoms with Crippen molar-refractivity contribution in [3.63, 3.8) is 0 Å². The van der Waals surface area contributed by atoms with Gasteiger partial charge in [-0.3, -0.25) is 0 Å². The van der Waals surface area contributed by atoms with Crippen LogP contribution >= 0.6 is 0 Å². The van der Waals surface area contributed by atoms with Gasteiger partial charge >= 0.3 is 0 Å². The summed E-state index contributed by atoms with van der Waals surface area (Å²) in [5.41, 5.74) is 1.28. The van der Waals surface area contributed by atoms with Crippen molar-refractivity contribution in [2.24, 2.45) is 0 Å². The molecule has 0 bridgehead atoms. The molecule has 0 aliphatic heterocycles. The van der Waals surface area contributed by atoms with Crippen LogP contribution in [-0.4, -0.2) is 6.10 Å². The van der Waals surface area contributed by atoms with Crippen LogP contribution in [0.4, 0.5) is 0 Å². The molecule has 0 N–H and O–H groups in total. The predicted molar refractivity (Wildman–Crippen MR) is 90.1 cm³/mol. The third-order valence-corrected chi connectivity index (χ3v) is 4.17. The van der Waals surface area contributed by atoms with Crippen LogP contribution in [0.1, 0.15) is 19.4 Å². The van der Waals surface area contributed by atoms with Crippen LogP contribution in [0.3, 0.4) is 0 Å². The largest absolute Gasteiger partial charge is 0.374 e. The Morgan fingerprint density at radius 1 is 0.810 bits per heavy atom. The van der Waals surface area contributed by atoms with Gasteiger partial charge in [-0.1, -0.05) is 48.5 Å². The number of ether oxygens (including phenoxy) is 1. The monoisotopic (exact) mass is 274 g/mol. The molecule has 0 spiro atoms. The Morgan fingerprint density at radius 3 is 2.24 bits per heavy atom. The van der Waals surface area contributed by atoms with Crippen molar-refractivity contribution < 1.29 is 4.74 Å². The summed E-state index contributed by atoms with van der Waals surface area (Å²) in [6.45, 7) is 4.83. The summed E-state index contributed by atoms with van der Waals surface area (Å²) in [5, 5.41) is 7.99. The van der Waals surface area contributed by atoms with Crippen LogP contribution in [0, 0.1) is 0 Å². The van der Waals surface area contributed by atoms with Crippen molar-refractivity contribution in [1.29, 1.82) is 0 Å². The summed E-state index contributed by atoms with van der Waals surface area (Å²) in [6.07, 6.45) is 0.248. The second-order valence-electron chi connectivity index (χ2n) is 5.94. The van der Waals surface area contributed by atoms with Gasteiger partial charge in [0, 0.05) is 0 Å². The van der Waals surface area contributed by atoms with E-state index in [9.17, 15) is 0 Å². The maximum absolute atomic E-state index is 5.86. The van der Waals surface area contributed by atoms with Crippen LogP contribution in [0.25, 0.3) is 32.3 Å². The van der Waals surface area contributed by atoms with E-state index in [4.69, 9.17) is 4.74 Å². The summed E-state index contributed by atoms with van der Waals surface area (Å²) >= 11 is 0. The van der Waals surface area contributed by atoms with Crippen molar-refractivity contribution in [3.8, 4) is 0 Å². The fourth-order valence-corrected chi connectivity index (χ4v) is 3.21. The molecule has 0 heterocycles. The van der Waals surface area contributed by atoms with Crippen molar-refractivity contribution in [3.05, 3.63) is 60.2 Å². The molecular weight excluding hydrogens is 256 g/mol. The van der Waals surface area contributed by atoms with Crippen molar-refractivity contribution in [1.82, 2.24) is 0 Å². The second-order valence-corrected chi connectivity index (χ2v) is 5.94. The molecule has 104 valence electrons. The minimum atomic E-state index is 0.248. The zero-order chi connectivity index (χ0) is 14.4. The summed E-state index contributed by atoms with van der Waals surface area (Å²) in [5.74, 6) is 0. The molecule has 0 unspecified atom stereocenters. The molecule has 1 nitrogen and oxygen atoms in total. The lowest BCUT2D eigenvalue weighted by Gasteiger charge is -2.15. The van der Waals surface area contributed by atoms with E-state index in [-0.39, 0.29) is 6.10 Å². The molecule has 0 aliphatic rings. The molecule has 0 saturated carbocycles. The van der Waals surface area contributed by atoms with E-state index in [1.54, 1.807) is 0 Å². The van der Waals surface area contributed by atoms with Gasteiger partial charge in [-0.05, 0) is 57.8 Å². The molecule has 0 fully saturated rings. The first kappa shape index (κ1) is 12.6. The van der Waals surface area contributed by atoms with E-state index in [1.807, 2.05) is 0 Å². The molecular formula is C20H18O. The molecule has 4 rings (SSSR count). The lowest BCUT2D eigenvalue weighted by atomic mass is 9.91. The molecule has 21 heavy (non-hydrogen) atoms. The van der Waals surface area contributed by atoms with Gasteiger partial charge < -0.3 is 4.74 Å². The number of rotatable bonds is 3. The minimum Gasteiger partial charge on any atom is -0.374 e. The Kier molecular flexibility index (Phi) is 2.83. The highest BCUT2D eigenvalue weighted by Gasteiger charge is 2.11. The Morgan fingerprint density at radius 2 is 1.48 bits per heavy atom. The SMILES string of the molecule is CC(C)OCc1cc2cccc3ccc4cccc1c4c32. The zero-order valence-electron chi connectivity index (χ0n) is 12.4. The van der Waals surface area contributed by atoms with Gasteiger partial charge in [-0.25, -0.2) is 0 Å². The van der Waals surface area contributed by atoms with Crippen LogP contribution in [0.5, 0.6) is 0 Å². The maximum Gasteiger partial charge on any atom is 0.0726 e. The first-order valence-corrected chi connectivity index (χ1v) is 7.51. The molecule has 1 heteroatoms. The topological polar surface area (TPSA) is 9.23 Å². The summed E-state index contributed by atoms with van der Waals surface area (Å²) in [4.78, 5) is 0. The quantitative estimate of drug-likeness (QED) is 0.448. The van der Waals surface area contributed by atoms with Gasteiger partial charge in [0.25, 0.3) is 0 Å². The first-order valence-electron chi connectivity index (χ1n) is 7.51. The summed E-state index contributed by atoms with van der Waals surface area (Å²) in [7, 11) is 0.